The largest absolute Gasteiger partial charge is 0.497 e. The van der Waals surface area contributed by atoms with Crippen molar-refractivity contribution >= 4 is 5.69 Å². The lowest BCUT2D eigenvalue weighted by atomic mass is 10.0. The summed E-state index contributed by atoms with van der Waals surface area (Å²) in [5, 5.41) is 3.35. The molecule has 0 fully saturated rings. The Morgan fingerprint density at radius 3 is 2.31 bits per heavy atom. The Morgan fingerprint density at radius 1 is 1.25 bits per heavy atom. The summed E-state index contributed by atoms with van der Waals surface area (Å²) in [7, 11) is 3.32. The number of rotatable bonds is 6. The van der Waals surface area contributed by atoms with Gasteiger partial charge in [-0.1, -0.05) is 0 Å². The Hall–Kier alpha value is -1.26. The first-order chi connectivity index (χ1) is 7.63. The van der Waals surface area contributed by atoms with Gasteiger partial charge in [0.25, 0.3) is 0 Å². The van der Waals surface area contributed by atoms with Crippen LogP contribution in [0.15, 0.2) is 24.3 Å². The van der Waals surface area contributed by atoms with E-state index < -0.39 is 0 Å². The van der Waals surface area contributed by atoms with Crippen LogP contribution < -0.4 is 15.8 Å². The predicted octanol–water partition coefficient (Wildman–Crippen LogP) is 1.47. The minimum atomic E-state index is -0.247. The van der Waals surface area contributed by atoms with Crippen molar-refractivity contribution in [3.05, 3.63) is 24.3 Å². The van der Waals surface area contributed by atoms with Crippen LogP contribution in [0, 0.1) is 0 Å². The molecule has 16 heavy (non-hydrogen) atoms. The summed E-state index contributed by atoms with van der Waals surface area (Å²) in [4.78, 5) is 0. The molecule has 0 radical (unpaired) electrons. The minimum Gasteiger partial charge on any atom is -0.497 e. The van der Waals surface area contributed by atoms with Gasteiger partial charge in [0.1, 0.15) is 5.75 Å². The molecule has 3 N–H and O–H groups in total. The normalized spacial score (nSPS) is 14.2. The molecule has 4 nitrogen and oxygen atoms in total. The molecule has 1 aromatic rings. The molecule has 0 aliphatic heterocycles. The van der Waals surface area contributed by atoms with E-state index in [1.165, 1.54) is 0 Å². The molecule has 0 aliphatic carbocycles. The lowest BCUT2D eigenvalue weighted by Crippen LogP contribution is -2.46. The minimum absolute atomic E-state index is 0.247. The van der Waals surface area contributed by atoms with Gasteiger partial charge < -0.3 is 20.5 Å². The molecule has 1 rings (SSSR count). The smallest absolute Gasteiger partial charge is 0.119 e. The quantitative estimate of drug-likeness (QED) is 0.768. The van der Waals surface area contributed by atoms with E-state index in [2.05, 4.69) is 5.32 Å². The Kier molecular flexibility index (Phi) is 4.58. The number of benzene rings is 1. The van der Waals surface area contributed by atoms with Crippen molar-refractivity contribution in [2.24, 2.45) is 5.73 Å². The molecule has 0 aliphatic rings. The molecule has 0 saturated carbocycles. The number of hydrogen-bond acceptors (Lipinski definition) is 4. The average molecular weight is 224 g/mol. The van der Waals surface area contributed by atoms with Crippen molar-refractivity contribution in [2.45, 2.75) is 12.5 Å². The summed E-state index contributed by atoms with van der Waals surface area (Å²) in [5.74, 6) is 0.840. The van der Waals surface area contributed by atoms with Gasteiger partial charge in [-0.2, -0.15) is 0 Å². The highest BCUT2D eigenvalue weighted by atomic mass is 16.5. The van der Waals surface area contributed by atoms with Crippen molar-refractivity contribution < 1.29 is 9.47 Å². The summed E-state index contributed by atoms with van der Waals surface area (Å²) in [6.07, 6.45) is 0. The molecule has 0 saturated heterocycles. The van der Waals surface area contributed by atoms with E-state index in [4.69, 9.17) is 15.2 Å². The average Bonchev–Trinajstić information content (AvgIpc) is 2.30. The summed E-state index contributed by atoms with van der Waals surface area (Å²) < 4.78 is 10.2. The summed E-state index contributed by atoms with van der Waals surface area (Å²) in [6.45, 7) is 3.10. The zero-order valence-electron chi connectivity index (χ0n) is 10.1. The van der Waals surface area contributed by atoms with E-state index >= 15 is 0 Å². The van der Waals surface area contributed by atoms with E-state index in [0.29, 0.717) is 13.2 Å². The zero-order valence-corrected chi connectivity index (χ0v) is 10.1. The van der Waals surface area contributed by atoms with Crippen LogP contribution in [0.3, 0.4) is 0 Å². The van der Waals surface area contributed by atoms with Gasteiger partial charge in [-0.25, -0.2) is 0 Å². The van der Waals surface area contributed by atoms with Crippen LogP contribution in [0.4, 0.5) is 5.69 Å². The van der Waals surface area contributed by atoms with Gasteiger partial charge in [-0.05, 0) is 31.2 Å². The summed E-state index contributed by atoms with van der Waals surface area (Å²) in [6, 6.07) is 7.74. The number of ether oxygens (including phenoxy) is 2. The van der Waals surface area contributed by atoms with E-state index in [9.17, 15) is 0 Å². The fourth-order valence-electron chi connectivity index (χ4n) is 1.49. The first-order valence-electron chi connectivity index (χ1n) is 5.25. The van der Waals surface area contributed by atoms with Crippen LogP contribution in [0.1, 0.15) is 6.92 Å². The van der Waals surface area contributed by atoms with Gasteiger partial charge in [0.2, 0.25) is 0 Å². The first-order valence-corrected chi connectivity index (χ1v) is 5.25. The maximum atomic E-state index is 5.73. The van der Waals surface area contributed by atoms with Gasteiger partial charge in [0.15, 0.2) is 0 Å². The fourth-order valence-corrected chi connectivity index (χ4v) is 1.49. The van der Waals surface area contributed by atoms with E-state index in [1.54, 1.807) is 14.2 Å². The predicted molar refractivity (Wildman–Crippen MR) is 66.0 cm³/mol. The molecule has 0 amide bonds. The third-order valence-corrected chi connectivity index (χ3v) is 2.45. The van der Waals surface area contributed by atoms with Crippen LogP contribution in [0.25, 0.3) is 0 Å². The van der Waals surface area contributed by atoms with Gasteiger partial charge in [0.05, 0.1) is 19.3 Å². The third kappa shape index (κ3) is 3.40. The Bertz CT molecular complexity index is 313. The second kappa shape index (κ2) is 5.72. The van der Waals surface area contributed by atoms with Crippen molar-refractivity contribution in [1.29, 1.82) is 0 Å². The van der Waals surface area contributed by atoms with Crippen LogP contribution in [-0.2, 0) is 4.74 Å². The Balaban J connectivity index is 2.70. The Morgan fingerprint density at radius 2 is 1.88 bits per heavy atom. The SMILES string of the molecule is COCC(C)(CN)Nc1ccc(OC)cc1. The highest BCUT2D eigenvalue weighted by molar-refractivity contribution is 5.48. The van der Waals surface area contributed by atoms with Crippen LogP contribution in [0.5, 0.6) is 5.75 Å². The number of anilines is 1. The van der Waals surface area contributed by atoms with E-state index in [0.717, 1.165) is 11.4 Å². The van der Waals surface area contributed by atoms with Gasteiger partial charge in [0, 0.05) is 19.3 Å². The second-order valence-electron chi connectivity index (χ2n) is 4.05. The van der Waals surface area contributed by atoms with Crippen molar-refractivity contribution in [2.75, 3.05) is 32.7 Å². The number of methoxy groups -OCH3 is 2. The Labute approximate surface area is 96.7 Å². The summed E-state index contributed by atoms with van der Waals surface area (Å²) in [5.41, 5.74) is 6.49. The van der Waals surface area contributed by atoms with E-state index in [1.807, 2.05) is 31.2 Å². The maximum absolute atomic E-state index is 5.73. The zero-order chi connectivity index (χ0) is 12.0. The lowest BCUT2D eigenvalue weighted by molar-refractivity contribution is 0.153. The van der Waals surface area contributed by atoms with Gasteiger partial charge in [-0.3, -0.25) is 0 Å². The molecule has 0 heterocycles. The van der Waals surface area contributed by atoms with Gasteiger partial charge in [-0.15, -0.1) is 0 Å². The monoisotopic (exact) mass is 224 g/mol. The molecule has 0 bridgehead atoms. The molecule has 1 atom stereocenters. The fraction of sp³-hybridized carbons (Fsp3) is 0.500. The van der Waals surface area contributed by atoms with Crippen molar-refractivity contribution in [1.82, 2.24) is 0 Å². The first kappa shape index (κ1) is 12.8. The van der Waals surface area contributed by atoms with Crippen molar-refractivity contribution in [3.63, 3.8) is 0 Å². The molecular formula is C12H20N2O2. The lowest BCUT2D eigenvalue weighted by Gasteiger charge is -2.29. The van der Waals surface area contributed by atoms with Crippen LogP contribution >= 0.6 is 0 Å². The van der Waals surface area contributed by atoms with Gasteiger partial charge >= 0.3 is 0 Å². The number of nitrogens with two attached hydrogens (primary N) is 1. The molecule has 1 aromatic carbocycles. The molecule has 1 unspecified atom stereocenters. The molecule has 0 aromatic heterocycles. The van der Waals surface area contributed by atoms with Crippen LogP contribution in [0.2, 0.25) is 0 Å². The van der Waals surface area contributed by atoms with Crippen LogP contribution in [-0.4, -0.2) is 32.9 Å². The number of nitrogens with one attached hydrogen (secondary N) is 1. The third-order valence-electron chi connectivity index (χ3n) is 2.45. The van der Waals surface area contributed by atoms with Crippen molar-refractivity contribution in [3.8, 4) is 5.75 Å². The maximum Gasteiger partial charge on any atom is 0.119 e. The standard InChI is InChI=1S/C12H20N2O2/c1-12(8-13,9-15-2)14-10-4-6-11(16-3)7-5-10/h4-7,14H,8-9,13H2,1-3H3. The highest BCUT2D eigenvalue weighted by Gasteiger charge is 2.21. The molecule has 0 spiro atoms. The second-order valence-corrected chi connectivity index (χ2v) is 4.05. The highest BCUT2D eigenvalue weighted by Crippen LogP contribution is 2.18. The van der Waals surface area contributed by atoms with E-state index in [-0.39, 0.29) is 5.54 Å². The number of hydrogen-bond donors (Lipinski definition) is 2. The summed E-state index contributed by atoms with van der Waals surface area (Å²) >= 11 is 0. The molecular weight excluding hydrogens is 204 g/mol. The molecule has 90 valence electrons. The topological polar surface area (TPSA) is 56.5 Å². The molecule has 4 heteroatoms.